The summed E-state index contributed by atoms with van der Waals surface area (Å²) in [5.74, 6) is -1.38. The van der Waals surface area contributed by atoms with Gasteiger partial charge in [-0.25, -0.2) is 0 Å². The minimum Gasteiger partial charge on any atom is -0.459 e. The number of hydrogen-bond donors (Lipinski definition) is 0. The molecule has 0 aromatic heterocycles. The van der Waals surface area contributed by atoms with Crippen molar-refractivity contribution in [1.29, 1.82) is 0 Å². The number of likely N-dealkylation sites (tertiary alicyclic amines) is 1. The van der Waals surface area contributed by atoms with Gasteiger partial charge in [-0.1, -0.05) is 42.2 Å². The molecule has 2 aliphatic rings. The Morgan fingerprint density at radius 3 is 2.12 bits per heavy atom. The largest absolute Gasteiger partial charge is 0.459 e. The summed E-state index contributed by atoms with van der Waals surface area (Å²) < 4.78 is 5.27. The standard InChI is InChI=1S/C19H23NO4/c1-12-7-13(2)9-14(8-12)11-24-17(21)10-20-18(22)15-5-3-4-6-16(15)19(20)23/h7-9,15-16H,3-6,10-11H2,1-2H3. The second-order valence-electron chi connectivity index (χ2n) is 6.92. The summed E-state index contributed by atoms with van der Waals surface area (Å²) in [4.78, 5) is 37.9. The first-order valence-electron chi connectivity index (χ1n) is 8.53. The molecular formula is C19H23NO4. The lowest BCUT2D eigenvalue weighted by Crippen LogP contribution is -2.36. The molecule has 2 amide bonds. The van der Waals surface area contributed by atoms with Gasteiger partial charge in [-0.15, -0.1) is 0 Å². The number of aryl methyl sites for hydroxylation is 2. The van der Waals surface area contributed by atoms with Gasteiger partial charge in [0.15, 0.2) is 0 Å². The Bertz CT molecular complexity index is 638. The van der Waals surface area contributed by atoms with E-state index in [4.69, 9.17) is 4.74 Å². The van der Waals surface area contributed by atoms with Crippen LogP contribution < -0.4 is 0 Å². The van der Waals surface area contributed by atoms with E-state index >= 15 is 0 Å². The molecule has 2 fully saturated rings. The number of ether oxygens (including phenoxy) is 1. The Morgan fingerprint density at radius 1 is 1.04 bits per heavy atom. The van der Waals surface area contributed by atoms with Gasteiger partial charge >= 0.3 is 5.97 Å². The monoisotopic (exact) mass is 329 g/mol. The lowest BCUT2D eigenvalue weighted by Gasteiger charge is -2.19. The predicted molar refractivity (Wildman–Crippen MR) is 87.9 cm³/mol. The van der Waals surface area contributed by atoms with E-state index < -0.39 is 5.97 Å². The quantitative estimate of drug-likeness (QED) is 0.629. The number of nitrogens with zero attached hydrogens (tertiary/aromatic N) is 1. The molecule has 3 rings (SSSR count). The molecule has 1 aromatic carbocycles. The smallest absolute Gasteiger partial charge is 0.326 e. The summed E-state index contributed by atoms with van der Waals surface area (Å²) in [6.07, 6.45) is 3.46. The summed E-state index contributed by atoms with van der Waals surface area (Å²) in [6, 6.07) is 5.97. The van der Waals surface area contributed by atoms with Gasteiger partial charge in [-0.05, 0) is 32.3 Å². The lowest BCUT2D eigenvalue weighted by atomic mass is 9.81. The third-order valence-electron chi connectivity index (χ3n) is 4.90. The average molecular weight is 329 g/mol. The fraction of sp³-hybridized carbons (Fsp3) is 0.526. The summed E-state index contributed by atoms with van der Waals surface area (Å²) >= 11 is 0. The Labute approximate surface area is 142 Å². The highest BCUT2D eigenvalue weighted by atomic mass is 16.5. The van der Waals surface area contributed by atoms with Crippen LogP contribution in [0.2, 0.25) is 0 Å². The topological polar surface area (TPSA) is 63.7 Å². The third-order valence-corrected chi connectivity index (χ3v) is 4.90. The van der Waals surface area contributed by atoms with Gasteiger partial charge in [0.2, 0.25) is 11.8 Å². The number of imide groups is 1. The van der Waals surface area contributed by atoms with E-state index in [2.05, 4.69) is 6.07 Å². The molecule has 1 saturated carbocycles. The first-order chi connectivity index (χ1) is 11.5. The van der Waals surface area contributed by atoms with E-state index in [0.29, 0.717) is 0 Å². The first-order valence-corrected chi connectivity index (χ1v) is 8.53. The van der Waals surface area contributed by atoms with Gasteiger partial charge in [0.1, 0.15) is 13.2 Å². The van der Waals surface area contributed by atoms with Crippen LogP contribution in [0.15, 0.2) is 18.2 Å². The summed E-state index contributed by atoms with van der Waals surface area (Å²) in [5, 5.41) is 0. The molecule has 2 atom stereocenters. The molecule has 1 aliphatic carbocycles. The van der Waals surface area contributed by atoms with E-state index in [1.165, 1.54) is 0 Å². The van der Waals surface area contributed by atoms with Gasteiger partial charge in [-0.3, -0.25) is 19.3 Å². The van der Waals surface area contributed by atoms with Crippen molar-refractivity contribution < 1.29 is 19.1 Å². The SMILES string of the molecule is Cc1cc(C)cc(COC(=O)CN2C(=O)C3CCCCC3C2=O)c1. The van der Waals surface area contributed by atoms with Crippen molar-refractivity contribution in [1.82, 2.24) is 4.90 Å². The molecule has 1 aliphatic heterocycles. The Balaban J connectivity index is 1.58. The zero-order valence-corrected chi connectivity index (χ0v) is 14.2. The molecule has 5 nitrogen and oxygen atoms in total. The van der Waals surface area contributed by atoms with Crippen LogP contribution in [0.3, 0.4) is 0 Å². The van der Waals surface area contributed by atoms with Crippen LogP contribution >= 0.6 is 0 Å². The van der Waals surface area contributed by atoms with Crippen LogP contribution in [0.25, 0.3) is 0 Å². The number of esters is 1. The van der Waals surface area contributed by atoms with Crippen molar-refractivity contribution in [2.75, 3.05) is 6.54 Å². The molecule has 1 aromatic rings. The maximum absolute atomic E-state index is 12.3. The highest BCUT2D eigenvalue weighted by Crippen LogP contribution is 2.37. The zero-order chi connectivity index (χ0) is 17.3. The van der Waals surface area contributed by atoms with Crippen molar-refractivity contribution in [3.05, 3.63) is 34.9 Å². The normalized spacial score (nSPS) is 23.3. The molecule has 1 saturated heterocycles. The van der Waals surface area contributed by atoms with E-state index in [9.17, 15) is 14.4 Å². The second kappa shape index (κ2) is 6.75. The molecule has 1 heterocycles. The van der Waals surface area contributed by atoms with Crippen molar-refractivity contribution in [2.24, 2.45) is 11.8 Å². The number of hydrogen-bond acceptors (Lipinski definition) is 4. The van der Waals surface area contributed by atoms with Crippen molar-refractivity contribution in [2.45, 2.75) is 46.1 Å². The van der Waals surface area contributed by atoms with E-state index in [1.807, 2.05) is 26.0 Å². The molecule has 0 spiro atoms. The predicted octanol–water partition coefficient (Wildman–Crippen LogP) is 2.52. The van der Waals surface area contributed by atoms with Crippen LogP contribution in [0.4, 0.5) is 0 Å². The van der Waals surface area contributed by atoms with Crippen molar-refractivity contribution in [3.8, 4) is 0 Å². The fourth-order valence-corrected chi connectivity index (χ4v) is 3.88. The van der Waals surface area contributed by atoms with Crippen LogP contribution in [0, 0.1) is 25.7 Å². The number of benzene rings is 1. The molecule has 0 N–H and O–H groups in total. The Kier molecular flexibility index (Phi) is 4.69. The maximum Gasteiger partial charge on any atom is 0.326 e. The molecule has 0 radical (unpaired) electrons. The first kappa shape index (κ1) is 16.7. The van der Waals surface area contributed by atoms with Gasteiger partial charge in [0.05, 0.1) is 11.8 Å². The summed E-state index contributed by atoms with van der Waals surface area (Å²) in [6.45, 7) is 3.86. The summed E-state index contributed by atoms with van der Waals surface area (Å²) in [7, 11) is 0. The minimum absolute atomic E-state index is 0.157. The molecule has 5 heteroatoms. The van der Waals surface area contributed by atoms with Crippen LogP contribution in [0.1, 0.15) is 42.4 Å². The van der Waals surface area contributed by atoms with E-state index in [0.717, 1.165) is 47.3 Å². The summed E-state index contributed by atoms with van der Waals surface area (Å²) in [5.41, 5.74) is 3.12. The fourth-order valence-electron chi connectivity index (χ4n) is 3.88. The number of fused-ring (bicyclic) bond motifs is 1. The third kappa shape index (κ3) is 3.35. The second-order valence-corrected chi connectivity index (χ2v) is 6.92. The van der Waals surface area contributed by atoms with Gasteiger partial charge < -0.3 is 4.74 Å². The number of carbonyl (C=O) groups is 3. The molecule has 2 unspecified atom stereocenters. The highest BCUT2D eigenvalue weighted by Gasteiger charge is 2.48. The Morgan fingerprint density at radius 2 is 1.58 bits per heavy atom. The average Bonchev–Trinajstić information content (AvgIpc) is 2.78. The molecule has 24 heavy (non-hydrogen) atoms. The van der Waals surface area contributed by atoms with Crippen molar-refractivity contribution >= 4 is 17.8 Å². The van der Waals surface area contributed by atoms with Crippen LogP contribution in [-0.2, 0) is 25.7 Å². The molecular weight excluding hydrogens is 306 g/mol. The Hall–Kier alpha value is -2.17. The van der Waals surface area contributed by atoms with Crippen molar-refractivity contribution in [3.63, 3.8) is 0 Å². The van der Waals surface area contributed by atoms with Gasteiger partial charge in [0, 0.05) is 0 Å². The number of rotatable bonds is 4. The van der Waals surface area contributed by atoms with E-state index in [-0.39, 0.29) is 36.8 Å². The van der Waals surface area contributed by atoms with E-state index in [1.54, 1.807) is 0 Å². The van der Waals surface area contributed by atoms with Crippen LogP contribution in [0.5, 0.6) is 0 Å². The van der Waals surface area contributed by atoms with Gasteiger partial charge in [-0.2, -0.15) is 0 Å². The minimum atomic E-state index is -0.533. The zero-order valence-electron chi connectivity index (χ0n) is 14.2. The lowest BCUT2D eigenvalue weighted by molar-refractivity contribution is -0.153. The molecule has 128 valence electrons. The molecule has 0 bridgehead atoms. The maximum atomic E-state index is 12.3. The highest BCUT2D eigenvalue weighted by molar-refractivity contribution is 6.07. The van der Waals surface area contributed by atoms with Gasteiger partial charge in [0.25, 0.3) is 0 Å². The number of amides is 2. The van der Waals surface area contributed by atoms with Crippen LogP contribution in [-0.4, -0.2) is 29.2 Å². The number of carbonyl (C=O) groups excluding carboxylic acids is 3.